The van der Waals surface area contributed by atoms with Gasteiger partial charge in [-0.05, 0) is 5.92 Å². The highest BCUT2D eigenvalue weighted by Gasteiger charge is 2.16. The number of nitrogens with zero attached hydrogens (tertiary/aromatic N) is 3. The predicted molar refractivity (Wildman–Crippen MR) is 58.4 cm³/mol. The van der Waals surface area contributed by atoms with Crippen LogP contribution in [0.3, 0.4) is 0 Å². The first kappa shape index (κ1) is 10.4. The zero-order chi connectivity index (χ0) is 11.9. The van der Waals surface area contributed by atoms with Gasteiger partial charge < -0.3 is 10.8 Å². The molecule has 0 aliphatic carbocycles. The van der Waals surface area contributed by atoms with Crippen LogP contribution in [0.5, 0.6) is 0 Å². The van der Waals surface area contributed by atoms with Gasteiger partial charge in [0.05, 0.1) is 6.20 Å². The second-order valence-electron chi connectivity index (χ2n) is 3.85. The van der Waals surface area contributed by atoms with Gasteiger partial charge in [0.15, 0.2) is 5.65 Å². The van der Waals surface area contributed by atoms with E-state index in [-0.39, 0.29) is 17.3 Å². The molecule has 2 aromatic heterocycles. The van der Waals surface area contributed by atoms with Crippen LogP contribution in [-0.4, -0.2) is 25.7 Å². The van der Waals surface area contributed by atoms with E-state index >= 15 is 0 Å². The number of nitrogen functional groups attached to an aromatic ring is 1. The number of anilines is 1. The summed E-state index contributed by atoms with van der Waals surface area (Å²) in [4.78, 5) is 14.9. The topological polar surface area (TPSA) is 93.5 Å². The molecule has 3 N–H and O–H groups in total. The van der Waals surface area contributed by atoms with Crippen molar-refractivity contribution in [1.82, 2.24) is 14.6 Å². The van der Waals surface area contributed by atoms with Crippen molar-refractivity contribution >= 4 is 17.4 Å². The summed E-state index contributed by atoms with van der Waals surface area (Å²) in [5, 5.41) is 12.9. The van der Waals surface area contributed by atoms with E-state index in [1.807, 2.05) is 13.8 Å². The highest BCUT2D eigenvalue weighted by atomic mass is 16.4. The Kier molecular flexibility index (Phi) is 2.26. The number of nitrogens with two attached hydrogens (primary N) is 1. The molecule has 16 heavy (non-hydrogen) atoms. The Balaban J connectivity index is 2.73. The molecule has 84 valence electrons. The molecule has 0 aromatic carbocycles. The lowest BCUT2D eigenvalue weighted by molar-refractivity contribution is 0.0697. The predicted octanol–water partition coefficient (Wildman–Crippen LogP) is 1.13. The minimum absolute atomic E-state index is 0.0362. The van der Waals surface area contributed by atoms with Gasteiger partial charge in [0, 0.05) is 11.8 Å². The molecule has 0 atom stereocenters. The number of aromatic nitrogens is 3. The molecule has 2 aromatic rings. The molecule has 6 heteroatoms. The minimum atomic E-state index is -1.10. The van der Waals surface area contributed by atoms with Gasteiger partial charge in [-0.3, -0.25) is 0 Å². The Morgan fingerprint density at radius 1 is 1.50 bits per heavy atom. The van der Waals surface area contributed by atoms with Crippen molar-refractivity contribution in [2.75, 3.05) is 5.73 Å². The van der Waals surface area contributed by atoms with E-state index in [1.165, 1.54) is 10.7 Å². The number of carbonyl (C=O) groups is 1. The molecule has 0 unspecified atom stereocenters. The zero-order valence-corrected chi connectivity index (χ0v) is 9.01. The van der Waals surface area contributed by atoms with Gasteiger partial charge in [0.1, 0.15) is 11.4 Å². The van der Waals surface area contributed by atoms with Gasteiger partial charge >= 0.3 is 5.97 Å². The monoisotopic (exact) mass is 220 g/mol. The Labute approximate surface area is 91.7 Å². The van der Waals surface area contributed by atoms with E-state index < -0.39 is 5.97 Å². The Bertz CT molecular complexity index is 559. The maximum Gasteiger partial charge on any atom is 0.341 e. The summed E-state index contributed by atoms with van der Waals surface area (Å²) in [6.07, 6.45) is 2.93. The summed E-state index contributed by atoms with van der Waals surface area (Å²) < 4.78 is 1.36. The maximum absolute atomic E-state index is 10.8. The average molecular weight is 220 g/mol. The first-order chi connectivity index (χ1) is 7.52. The lowest BCUT2D eigenvalue weighted by Gasteiger charge is -2.04. The van der Waals surface area contributed by atoms with E-state index in [4.69, 9.17) is 10.8 Å². The van der Waals surface area contributed by atoms with Gasteiger partial charge in [-0.25, -0.2) is 9.78 Å². The quantitative estimate of drug-likeness (QED) is 0.791. The third kappa shape index (κ3) is 1.39. The molecule has 0 aliphatic heterocycles. The fourth-order valence-corrected chi connectivity index (χ4v) is 1.54. The van der Waals surface area contributed by atoms with Crippen molar-refractivity contribution in [3.8, 4) is 0 Å². The Hall–Kier alpha value is -2.11. The minimum Gasteiger partial charge on any atom is -0.477 e. The highest BCUT2D eigenvalue weighted by molar-refractivity contribution is 5.92. The van der Waals surface area contributed by atoms with Crippen molar-refractivity contribution < 1.29 is 9.90 Å². The number of carboxylic acid groups (broad SMARTS) is 1. The van der Waals surface area contributed by atoms with Gasteiger partial charge in [-0.2, -0.15) is 9.61 Å². The molecular formula is C10H12N4O2. The summed E-state index contributed by atoms with van der Waals surface area (Å²) in [6, 6.07) is 0. The fraction of sp³-hybridized carbons (Fsp3) is 0.300. The van der Waals surface area contributed by atoms with E-state index in [9.17, 15) is 4.79 Å². The van der Waals surface area contributed by atoms with Crippen LogP contribution in [0.15, 0.2) is 12.4 Å². The molecule has 0 aliphatic rings. The lowest BCUT2D eigenvalue weighted by atomic mass is 10.1. The third-order valence-corrected chi connectivity index (χ3v) is 2.44. The lowest BCUT2D eigenvalue weighted by Crippen LogP contribution is -2.09. The van der Waals surface area contributed by atoms with Crippen LogP contribution in [-0.2, 0) is 0 Å². The van der Waals surface area contributed by atoms with Crippen LogP contribution in [0.1, 0.15) is 35.7 Å². The summed E-state index contributed by atoms with van der Waals surface area (Å²) in [5.41, 5.74) is 7.23. The van der Waals surface area contributed by atoms with Crippen LogP contribution in [0.25, 0.3) is 5.65 Å². The number of fused-ring (bicyclic) bond motifs is 1. The maximum atomic E-state index is 10.8. The smallest absolute Gasteiger partial charge is 0.341 e. The number of hydrogen-bond donors (Lipinski definition) is 2. The SMILES string of the molecule is CC(C)c1cnn2c(N)c(C(=O)O)cnc12. The molecule has 0 saturated carbocycles. The number of hydrogen-bond acceptors (Lipinski definition) is 4. The summed E-state index contributed by atoms with van der Waals surface area (Å²) in [7, 11) is 0. The molecular weight excluding hydrogens is 208 g/mol. The standard InChI is InChI=1S/C10H12N4O2/c1-5(2)6-4-13-14-8(11)7(10(15)16)3-12-9(6)14/h3-5H,11H2,1-2H3,(H,15,16). The molecule has 0 spiro atoms. The van der Waals surface area contributed by atoms with E-state index in [2.05, 4.69) is 10.1 Å². The molecule has 6 nitrogen and oxygen atoms in total. The van der Waals surface area contributed by atoms with Crippen molar-refractivity contribution in [2.24, 2.45) is 0 Å². The first-order valence-corrected chi connectivity index (χ1v) is 4.87. The third-order valence-electron chi connectivity index (χ3n) is 2.44. The highest BCUT2D eigenvalue weighted by Crippen LogP contribution is 2.21. The van der Waals surface area contributed by atoms with Crippen molar-refractivity contribution in [2.45, 2.75) is 19.8 Å². The van der Waals surface area contributed by atoms with Crippen molar-refractivity contribution in [1.29, 1.82) is 0 Å². The van der Waals surface area contributed by atoms with E-state index in [0.29, 0.717) is 5.65 Å². The van der Waals surface area contributed by atoms with Crippen LogP contribution in [0.4, 0.5) is 5.82 Å². The van der Waals surface area contributed by atoms with E-state index in [0.717, 1.165) is 5.56 Å². The van der Waals surface area contributed by atoms with Crippen LogP contribution < -0.4 is 5.73 Å². The fourth-order valence-electron chi connectivity index (χ4n) is 1.54. The second-order valence-corrected chi connectivity index (χ2v) is 3.85. The first-order valence-electron chi connectivity index (χ1n) is 4.87. The largest absolute Gasteiger partial charge is 0.477 e. The number of aromatic carboxylic acids is 1. The second kappa shape index (κ2) is 3.48. The molecule has 0 amide bonds. The summed E-state index contributed by atoms with van der Waals surface area (Å²) in [5.74, 6) is -0.738. The van der Waals surface area contributed by atoms with Gasteiger partial charge in [-0.1, -0.05) is 13.8 Å². The Morgan fingerprint density at radius 3 is 2.75 bits per heavy atom. The zero-order valence-electron chi connectivity index (χ0n) is 9.01. The number of rotatable bonds is 2. The molecule has 2 rings (SSSR count). The molecule has 0 saturated heterocycles. The Morgan fingerprint density at radius 2 is 2.19 bits per heavy atom. The van der Waals surface area contributed by atoms with Crippen molar-refractivity contribution in [3.05, 3.63) is 23.5 Å². The number of carboxylic acids is 1. The molecule has 0 bridgehead atoms. The molecule has 0 fully saturated rings. The van der Waals surface area contributed by atoms with Crippen LogP contribution in [0.2, 0.25) is 0 Å². The van der Waals surface area contributed by atoms with Crippen LogP contribution >= 0.6 is 0 Å². The van der Waals surface area contributed by atoms with Crippen LogP contribution in [0, 0.1) is 0 Å². The molecule has 0 radical (unpaired) electrons. The van der Waals surface area contributed by atoms with Gasteiger partial charge in [0.2, 0.25) is 0 Å². The van der Waals surface area contributed by atoms with E-state index in [1.54, 1.807) is 6.20 Å². The normalized spacial score (nSPS) is 11.2. The molecule has 2 heterocycles. The van der Waals surface area contributed by atoms with Gasteiger partial charge in [0.25, 0.3) is 0 Å². The summed E-state index contributed by atoms with van der Waals surface area (Å²) >= 11 is 0. The van der Waals surface area contributed by atoms with Gasteiger partial charge in [-0.15, -0.1) is 0 Å². The summed E-state index contributed by atoms with van der Waals surface area (Å²) in [6.45, 7) is 4.03. The van der Waals surface area contributed by atoms with Crippen molar-refractivity contribution in [3.63, 3.8) is 0 Å². The average Bonchev–Trinajstić information content (AvgIpc) is 2.61.